The molecule has 94 valence electrons. The number of aromatic nitrogens is 1. The van der Waals surface area contributed by atoms with Crippen LogP contribution in [0.1, 0.15) is 6.42 Å². The molecule has 0 fully saturated rings. The van der Waals surface area contributed by atoms with Crippen molar-refractivity contribution in [2.75, 3.05) is 19.0 Å². The van der Waals surface area contributed by atoms with Gasteiger partial charge in [-0.1, -0.05) is 18.2 Å². The summed E-state index contributed by atoms with van der Waals surface area (Å²) in [6, 6.07) is 4.69. The maximum atomic E-state index is 12.9. The Kier molecular flexibility index (Phi) is 4.12. The highest BCUT2D eigenvalue weighted by Gasteiger charge is 2.00. The molecule has 1 aliphatic carbocycles. The van der Waals surface area contributed by atoms with Gasteiger partial charge in [-0.3, -0.25) is 0 Å². The summed E-state index contributed by atoms with van der Waals surface area (Å²) in [4.78, 5) is 3.75. The molecule has 1 heterocycles. The predicted octanol–water partition coefficient (Wildman–Crippen LogP) is 3.05. The SMILES string of the molecule is COC1=CCC=C(CNc2cccc(F)n2)C=C1. The molecule has 1 N–H and O–H groups in total. The van der Waals surface area contributed by atoms with Gasteiger partial charge >= 0.3 is 0 Å². The minimum Gasteiger partial charge on any atom is -0.497 e. The number of nitrogens with zero attached hydrogens (tertiary/aromatic N) is 1. The molecule has 0 atom stereocenters. The van der Waals surface area contributed by atoms with Gasteiger partial charge in [-0.15, -0.1) is 0 Å². The monoisotopic (exact) mass is 246 g/mol. The largest absolute Gasteiger partial charge is 0.497 e. The fourth-order valence-electron chi connectivity index (χ4n) is 1.63. The van der Waals surface area contributed by atoms with Crippen LogP contribution >= 0.6 is 0 Å². The second-order valence-electron chi connectivity index (χ2n) is 3.86. The molecule has 3 nitrogen and oxygen atoms in total. The van der Waals surface area contributed by atoms with Gasteiger partial charge in [-0.25, -0.2) is 4.98 Å². The minimum absolute atomic E-state index is 0.478. The van der Waals surface area contributed by atoms with E-state index < -0.39 is 5.95 Å². The molecule has 0 saturated heterocycles. The lowest BCUT2D eigenvalue weighted by molar-refractivity contribution is 0.306. The van der Waals surface area contributed by atoms with E-state index in [2.05, 4.69) is 16.4 Å². The zero-order valence-corrected chi connectivity index (χ0v) is 10.2. The number of hydrogen-bond donors (Lipinski definition) is 1. The molecule has 0 aliphatic heterocycles. The van der Waals surface area contributed by atoms with Crippen LogP contribution in [0.15, 0.2) is 53.8 Å². The number of pyridine rings is 1. The molecular formula is C14H15FN2O. The summed E-state index contributed by atoms with van der Waals surface area (Å²) in [6.45, 7) is 0.609. The number of anilines is 1. The van der Waals surface area contributed by atoms with Crippen LogP contribution in [-0.2, 0) is 4.74 Å². The van der Waals surface area contributed by atoms with E-state index in [9.17, 15) is 4.39 Å². The topological polar surface area (TPSA) is 34.1 Å². The van der Waals surface area contributed by atoms with Crippen LogP contribution in [0.25, 0.3) is 0 Å². The smallest absolute Gasteiger partial charge is 0.214 e. The Morgan fingerprint density at radius 1 is 1.33 bits per heavy atom. The molecule has 1 aromatic heterocycles. The fourth-order valence-corrected chi connectivity index (χ4v) is 1.63. The van der Waals surface area contributed by atoms with E-state index >= 15 is 0 Å². The Hall–Kier alpha value is -2.10. The molecular weight excluding hydrogens is 231 g/mol. The van der Waals surface area contributed by atoms with Crippen LogP contribution in [0.3, 0.4) is 0 Å². The van der Waals surface area contributed by atoms with Gasteiger partial charge in [-0.2, -0.15) is 4.39 Å². The Labute approximate surface area is 106 Å². The molecule has 1 aromatic rings. The average Bonchev–Trinajstić information content (AvgIpc) is 2.61. The summed E-state index contributed by atoms with van der Waals surface area (Å²) in [6.07, 6.45) is 8.82. The normalized spacial score (nSPS) is 14.6. The van der Waals surface area contributed by atoms with Crippen molar-refractivity contribution in [3.8, 4) is 0 Å². The summed E-state index contributed by atoms with van der Waals surface area (Å²) >= 11 is 0. The molecule has 0 unspecified atom stereocenters. The number of nitrogens with one attached hydrogen (secondary N) is 1. The van der Waals surface area contributed by atoms with Crippen molar-refractivity contribution in [2.24, 2.45) is 0 Å². The summed E-state index contributed by atoms with van der Waals surface area (Å²) in [5.41, 5.74) is 1.12. The maximum Gasteiger partial charge on any atom is 0.214 e. The highest BCUT2D eigenvalue weighted by Crippen LogP contribution is 2.12. The first kappa shape index (κ1) is 12.4. The fraction of sp³-hybridized carbons (Fsp3) is 0.214. The Morgan fingerprint density at radius 2 is 2.22 bits per heavy atom. The lowest BCUT2D eigenvalue weighted by Crippen LogP contribution is -2.05. The van der Waals surface area contributed by atoms with Gasteiger partial charge in [0.2, 0.25) is 5.95 Å². The first-order chi connectivity index (χ1) is 8.78. The van der Waals surface area contributed by atoms with E-state index in [0.29, 0.717) is 12.4 Å². The Bertz CT molecular complexity index is 506. The van der Waals surface area contributed by atoms with Gasteiger partial charge in [0, 0.05) is 6.54 Å². The van der Waals surface area contributed by atoms with Crippen LogP contribution in [-0.4, -0.2) is 18.6 Å². The predicted molar refractivity (Wildman–Crippen MR) is 69.6 cm³/mol. The molecule has 4 heteroatoms. The Morgan fingerprint density at radius 3 is 3.00 bits per heavy atom. The van der Waals surface area contributed by atoms with E-state index in [4.69, 9.17) is 4.74 Å². The number of methoxy groups -OCH3 is 1. The highest BCUT2D eigenvalue weighted by atomic mass is 19.1. The average molecular weight is 246 g/mol. The van der Waals surface area contributed by atoms with Crippen molar-refractivity contribution >= 4 is 5.82 Å². The standard InChI is InChI=1S/C14H15FN2O/c1-18-12-5-2-4-11(8-9-12)10-16-14-7-3-6-13(15)17-14/h3-9H,2,10H2,1H3,(H,16,17). The van der Waals surface area contributed by atoms with Crippen molar-refractivity contribution < 1.29 is 9.13 Å². The number of hydrogen-bond acceptors (Lipinski definition) is 3. The van der Waals surface area contributed by atoms with Gasteiger partial charge in [0.25, 0.3) is 0 Å². The third-order valence-corrected chi connectivity index (χ3v) is 2.59. The molecule has 0 amide bonds. The van der Waals surface area contributed by atoms with Crippen molar-refractivity contribution in [2.45, 2.75) is 6.42 Å². The molecule has 2 rings (SSSR count). The van der Waals surface area contributed by atoms with Gasteiger partial charge in [0.1, 0.15) is 11.6 Å². The number of allylic oxidation sites excluding steroid dienone is 3. The first-order valence-corrected chi connectivity index (χ1v) is 5.75. The summed E-state index contributed by atoms with van der Waals surface area (Å²) < 4.78 is 18.0. The van der Waals surface area contributed by atoms with Crippen LogP contribution in [0, 0.1) is 5.95 Å². The number of rotatable bonds is 4. The van der Waals surface area contributed by atoms with Crippen LogP contribution in [0.5, 0.6) is 0 Å². The van der Waals surface area contributed by atoms with E-state index in [-0.39, 0.29) is 0 Å². The molecule has 0 radical (unpaired) electrons. The zero-order chi connectivity index (χ0) is 12.8. The highest BCUT2D eigenvalue weighted by molar-refractivity contribution is 5.39. The third kappa shape index (κ3) is 3.45. The van der Waals surface area contributed by atoms with Crippen molar-refractivity contribution in [3.63, 3.8) is 0 Å². The van der Waals surface area contributed by atoms with Gasteiger partial charge in [0.05, 0.1) is 7.11 Å². The molecule has 0 bridgehead atoms. The van der Waals surface area contributed by atoms with Gasteiger partial charge < -0.3 is 10.1 Å². The van der Waals surface area contributed by atoms with Crippen molar-refractivity contribution in [1.82, 2.24) is 4.98 Å². The van der Waals surface area contributed by atoms with Gasteiger partial charge in [-0.05, 0) is 36.3 Å². The third-order valence-electron chi connectivity index (χ3n) is 2.59. The van der Waals surface area contributed by atoms with Crippen molar-refractivity contribution in [3.05, 3.63) is 59.8 Å². The van der Waals surface area contributed by atoms with Crippen LogP contribution in [0.2, 0.25) is 0 Å². The number of halogens is 1. The lowest BCUT2D eigenvalue weighted by atomic mass is 10.2. The second-order valence-corrected chi connectivity index (χ2v) is 3.86. The molecule has 0 spiro atoms. The zero-order valence-electron chi connectivity index (χ0n) is 10.2. The molecule has 0 aromatic carbocycles. The lowest BCUT2D eigenvalue weighted by Gasteiger charge is -2.05. The quantitative estimate of drug-likeness (QED) is 0.829. The summed E-state index contributed by atoms with van der Waals surface area (Å²) in [7, 11) is 1.65. The Balaban J connectivity index is 1.94. The maximum absolute atomic E-state index is 12.9. The van der Waals surface area contributed by atoms with Crippen molar-refractivity contribution in [1.29, 1.82) is 0 Å². The number of ether oxygens (including phenoxy) is 1. The molecule has 1 aliphatic rings. The van der Waals surface area contributed by atoms with E-state index in [1.54, 1.807) is 19.2 Å². The van der Waals surface area contributed by atoms with Gasteiger partial charge in [0.15, 0.2) is 0 Å². The van der Waals surface area contributed by atoms with E-state index in [1.807, 2.05) is 18.2 Å². The van der Waals surface area contributed by atoms with E-state index in [1.165, 1.54) is 6.07 Å². The summed E-state index contributed by atoms with van der Waals surface area (Å²) in [5, 5.41) is 3.08. The van der Waals surface area contributed by atoms with E-state index in [0.717, 1.165) is 17.8 Å². The van der Waals surface area contributed by atoms with Crippen LogP contribution < -0.4 is 5.32 Å². The molecule has 18 heavy (non-hydrogen) atoms. The molecule has 0 saturated carbocycles. The minimum atomic E-state index is -0.478. The first-order valence-electron chi connectivity index (χ1n) is 5.75. The second kappa shape index (κ2) is 6.00. The van der Waals surface area contributed by atoms with Crippen LogP contribution in [0.4, 0.5) is 10.2 Å². The summed E-state index contributed by atoms with van der Waals surface area (Å²) in [5.74, 6) is 0.910.